The fourth-order valence-electron chi connectivity index (χ4n) is 1.53. The molecule has 20 heavy (non-hydrogen) atoms. The van der Waals surface area contributed by atoms with Gasteiger partial charge in [-0.3, -0.25) is 20.2 Å². The lowest BCUT2D eigenvalue weighted by molar-refractivity contribution is -0.386. The second kappa shape index (κ2) is 4.76. The number of pyridine rings is 2. The number of hydrogen-bond donors (Lipinski definition) is 2. The molecule has 2 aromatic heterocycles. The van der Waals surface area contributed by atoms with Crippen LogP contribution in [0.5, 0.6) is 11.5 Å². The van der Waals surface area contributed by atoms with Gasteiger partial charge in [-0.25, -0.2) is 9.97 Å². The van der Waals surface area contributed by atoms with E-state index in [1.807, 2.05) is 0 Å². The summed E-state index contributed by atoms with van der Waals surface area (Å²) >= 11 is 0. The van der Waals surface area contributed by atoms with Gasteiger partial charge in [0.25, 0.3) is 0 Å². The number of rotatable bonds is 3. The first kappa shape index (κ1) is 13.1. The van der Waals surface area contributed by atoms with Crippen molar-refractivity contribution in [2.45, 2.75) is 0 Å². The summed E-state index contributed by atoms with van der Waals surface area (Å²) in [6.07, 6.45) is 2.04. The predicted molar refractivity (Wildman–Crippen MR) is 64.1 cm³/mol. The van der Waals surface area contributed by atoms with Crippen molar-refractivity contribution in [2.24, 2.45) is 0 Å². The van der Waals surface area contributed by atoms with Crippen LogP contribution in [0, 0.1) is 20.2 Å². The minimum atomic E-state index is -0.852. The minimum absolute atomic E-state index is 0.416. The van der Waals surface area contributed by atoms with Crippen molar-refractivity contribution in [3.05, 3.63) is 44.8 Å². The van der Waals surface area contributed by atoms with Crippen LogP contribution < -0.4 is 0 Å². The van der Waals surface area contributed by atoms with Crippen LogP contribution in [-0.4, -0.2) is 30.0 Å². The molecule has 2 aromatic rings. The molecule has 102 valence electrons. The zero-order valence-corrected chi connectivity index (χ0v) is 9.63. The highest BCUT2D eigenvalue weighted by Crippen LogP contribution is 2.40. The van der Waals surface area contributed by atoms with Gasteiger partial charge in [0.05, 0.1) is 9.85 Å². The van der Waals surface area contributed by atoms with E-state index in [1.165, 1.54) is 0 Å². The molecule has 0 fully saturated rings. The number of aromatic hydroxyl groups is 2. The maximum Gasteiger partial charge on any atom is 0.314 e. The Bertz CT molecular complexity index is 655. The highest BCUT2D eigenvalue weighted by Gasteiger charge is 2.25. The zero-order chi connectivity index (χ0) is 14.9. The van der Waals surface area contributed by atoms with Crippen molar-refractivity contribution >= 4 is 11.4 Å². The standard InChI is InChI=1S/C10H6N4O6/c15-9-5(13(17)18)1-3-11-7(9)8-10(16)6(14(19)20)2-4-12-8/h1-4,15-16H. The molecule has 0 amide bonds. The second-order valence-corrected chi connectivity index (χ2v) is 3.57. The Morgan fingerprint density at radius 2 is 1.20 bits per heavy atom. The molecule has 0 spiro atoms. The molecule has 0 aliphatic carbocycles. The van der Waals surface area contributed by atoms with Crippen molar-refractivity contribution < 1.29 is 20.1 Å². The van der Waals surface area contributed by atoms with E-state index in [1.54, 1.807) is 0 Å². The Balaban J connectivity index is 2.70. The van der Waals surface area contributed by atoms with Gasteiger partial charge in [-0.05, 0) is 0 Å². The average molecular weight is 278 g/mol. The normalized spacial score (nSPS) is 10.2. The first-order valence-corrected chi connectivity index (χ1v) is 5.08. The monoisotopic (exact) mass is 278 g/mol. The summed E-state index contributed by atoms with van der Waals surface area (Å²) in [4.78, 5) is 27.0. The molecule has 0 unspecified atom stereocenters. The van der Waals surface area contributed by atoms with E-state index in [2.05, 4.69) is 9.97 Å². The number of aromatic nitrogens is 2. The second-order valence-electron chi connectivity index (χ2n) is 3.57. The number of nitro groups is 2. The Morgan fingerprint density at radius 1 is 0.850 bits per heavy atom. The maximum absolute atomic E-state index is 10.7. The molecule has 0 aliphatic rings. The summed E-state index contributed by atoms with van der Waals surface area (Å²) in [7, 11) is 0. The van der Waals surface area contributed by atoms with Crippen LogP contribution in [0.1, 0.15) is 0 Å². The highest BCUT2D eigenvalue weighted by molar-refractivity contribution is 5.75. The van der Waals surface area contributed by atoms with Crippen LogP contribution in [0.15, 0.2) is 24.5 Å². The fraction of sp³-hybridized carbons (Fsp3) is 0. The summed E-state index contributed by atoms with van der Waals surface area (Å²) in [5.41, 5.74) is -2.13. The van der Waals surface area contributed by atoms with Crippen molar-refractivity contribution in [1.82, 2.24) is 9.97 Å². The van der Waals surface area contributed by atoms with Gasteiger partial charge in [-0.2, -0.15) is 0 Å². The molecular formula is C10H6N4O6. The van der Waals surface area contributed by atoms with Crippen molar-refractivity contribution in [3.63, 3.8) is 0 Å². The van der Waals surface area contributed by atoms with Gasteiger partial charge in [0, 0.05) is 24.5 Å². The van der Waals surface area contributed by atoms with Crippen LogP contribution in [-0.2, 0) is 0 Å². The third-order valence-corrected chi connectivity index (χ3v) is 2.42. The molecule has 0 saturated carbocycles. The molecule has 0 aliphatic heterocycles. The molecule has 0 atom stereocenters. The molecule has 10 heteroatoms. The van der Waals surface area contributed by atoms with Gasteiger partial charge in [-0.15, -0.1) is 0 Å². The Morgan fingerprint density at radius 3 is 1.50 bits per heavy atom. The first-order valence-electron chi connectivity index (χ1n) is 5.08. The lowest BCUT2D eigenvalue weighted by Gasteiger charge is -2.05. The van der Waals surface area contributed by atoms with Crippen LogP contribution in [0.4, 0.5) is 11.4 Å². The van der Waals surface area contributed by atoms with Crippen LogP contribution in [0.2, 0.25) is 0 Å². The quantitative estimate of drug-likeness (QED) is 0.630. The van der Waals surface area contributed by atoms with Crippen molar-refractivity contribution in [2.75, 3.05) is 0 Å². The van der Waals surface area contributed by atoms with E-state index in [9.17, 15) is 30.4 Å². The van der Waals surface area contributed by atoms with Crippen LogP contribution in [0.3, 0.4) is 0 Å². The summed E-state index contributed by atoms with van der Waals surface area (Å²) in [6, 6.07) is 1.90. The third-order valence-electron chi connectivity index (χ3n) is 2.42. The van der Waals surface area contributed by atoms with Gasteiger partial charge in [0.1, 0.15) is 11.4 Å². The van der Waals surface area contributed by atoms with Gasteiger partial charge in [-0.1, -0.05) is 0 Å². The molecule has 0 saturated heterocycles. The maximum atomic E-state index is 10.7. The van der Waals surface area contributed by atoms with Gasteiger partial charge in [0.2, 0.25) is 11.5 Å². The SMILES string of the molecule is O=[N+]([O-])c1ccnc(-c2nccc([N+](=O)[O-])c2O)c1O. The lowest BCUT2D eigenvalue weighted by Crippen LogP contribution is -1.96. The summed E-state index contributed by atoms with van der Waals surface area (Å²) in [6.45, 7) is 0. The summed E-state index contributed by atoms with van der Waals surface area (Å²) < 4.78 is 0. The Kier molecular flexibility index (Phi) is 3.13. The smallest absolute Gasteiger partial charge is 0.314 e. The van der Waals surface area contributed by atoms with Crippen LogP contribution in [0.25, 0.3) is 11.4 Å². The summed E-state index contributed by atoms with van der Waals surface area (Å²) in [5, 5.41) is 40.9. The van der Waals surface area contributed by atoms with Crippen LogP contribution >= 0.6 is 0 Å². The molecule has 2 N–H and O–H groups in total. The highest BCUT2D eigenvalue weighted by atomic mass is 16.6. The fourth-order valence-corrected chi connectivity index (χ4v) is 1.53. The van der Waals surface area contributed by atoms with Gasteiger partial charge >= 0.3 is 11.4 Å². The lowest BCUT2D eigenvalue weighted by atomic mass is 10.2. The van der Waals surface area contributed by atoms with Crippen molar-refractivity contribution in [3.8, 4) is 22.9 Å². The third kappa shape index (κ3) is 2.05. The minimum Gasteiger partial charge on any atom is -0.501 e. The van der Waals surface area contributed by atoms with Crippen molar-refractivity contribution in [1.29, 1.82) is 0 Å². The topological polar surface area (TPSA) is 153 Å². The Hall–Kier alpha value is -3.30. The van der Waals surface area contributed by atoms with E-state index < -0.39 is 44.1 Å². The van der Waals surface area contributed by atoms with Gasteiger partial charge < -0.3 is 10.2 Å². The number of nitrogens with zero attached hydrogens (tertiary/aromatic N) is 4. The van der Waals surface area contributed by atoms with E-state index in [4.69, 9.17) is 0 Å². The van der Waals surface area contributed by atoms with E-state index in [0.717, 1.165) is 24.5 Å². The molecule has 2 rings (SSSR count). The molecular weight excluding hydrogens is 272 g/mol. The molecule has 2 heterocycles. The van der Waals surface area contributed by atoms with E-state index >= 15 is 0 Å². The zero-order valence-electron chi connectivity index (χ0n) is 9.63. The average Bonchev–Trinajstić information content (AvgIpc) is 2.39. The predicted octanol–water partition coefficient (Wildman–Crippen LogP) is 1.37. The van der Waals surface area contributed by atoms with E-state index in [0.29, 0.717) is 0 Å². The Labute approximate surface area is 110 Å². The van der Waals surface area contributed by atoms with E-state index in [-0.39, 0.29) is 0 Å². The molecule has 0 aromatic carbocycles. The summed E-state index contributed by atoms with van der Waals surface area (Å²) in [5.74, 6) is -1.67. The molecule has 0 radical (unpaired) electrons. The van der Waals surface area contributed by atoms with Gasteiger partial charge in [0.15, 0.2) is 0 Å². The molecule has 10 nitrogen and oxygen atoms in total. The largest absolute Gasteiger partial charge is 0.501 e. The number of hydrogen-bond acceptors (Lipinski definition) is 8. The molecule has 0 bridgehead atoms. The first-order chi connectivity index (χ1) is 9.43.